The largest absolute Gasteiger partial charge is 0.478 e. The number of carbonyl (C=O) groups is 2. The topological polar surface area (TPSA) is 74.6 Å². The van der Waals surface area contributed by atoms with E-state index in [1.54, 1.807) is 48.5 Å². The first-order valence-electron chi connectivity index (χ1n) is 6.25. The lowest BCUT2D eigenvalue weighted by atomic mass is 10.2. The zero-order valence-corrected chi connectivity index (χ0v) is 16.7. The van der Waals surface area contributed by atoms with E-state index in [2.05, 4.69) is 0 Å². The molecule has 2 N–H and O–H groups in total. The van der Waals surface area contributed by atoms with Gasteiger partial charge in [-0.15, -0.1) is 0 Å². The van der Waals surface area contributed by atoms with Crippen molar-refractivity contribution >= 4 is 72.8 Å². The molecule has 0 aliphatic rings. The van der Waals surface area contributed by atoms with Crippen LogP contribution in [0.25, 0.3) is 0 Å². The van der Waals surface area contributed by atoms with Crippen molar-refractivity contribution in [2.75, 3.05) is 0 Å². The van der Waals surface area contributed by atoms with Gasteiger partial charge in [0, 0.05) is 9.79 Å². The minimum Gasteiger partial charge on any atom is -0.478 e. The quantitative estimate of drug-likeness (QED) is 0.338. The highest BCUT2D eigenvalue weighted by atomic mass is 33.9. The molecule has 0 saturated heterocycles. The monoisotopic (exact) mass is 434 g/mol. The van der Waals surface area contributed by atoms with Gasteiger partial charge in [0.1, 0.15) is 0 Å². The molecule has 24 heavy (non-hydrogen) atoms. The van der Waals surface area contributed by atoms with Crippen molar-refractivity contribution in [2.24, 2.45) is 0 Å². The third kappa shape index (κ3) is 6.08. The first kappa shape index (κ1) is 19.8. The molecule has 2 aromatic carbocycles. The standard InChI is InChI=1S/C14H10O4S6/c15-13(16)9-5-1-3-7-11(9)19-21-23-24-22-20-12-8-4-2-6-10(12)14(17)18/h1-8H,(H,15,16)(H,17,18). The molecule has 126 valence electrons. The second-order valence-corrected chi connectivity index (χ2v) is 13.3. The highest BCUT2D eigenvalue weighted by Crippen LogP contribution is 2.55. The Bertz CT molecular complexity index is 662. The fourth-order valence-corrected chi connectivity index (χ4v) is 12.8. The first-order valence-corrected chi connectivity index (χ1v) is 13.7. The van der Waals surface area contributed by atoms with E-state index in [1.165, 1.54) is 60.9 Å². The average Bonchev–Trinajstić information content (AvgIpc) is 2.58. The van der Waals surface area contributed by atoms with Crippen LogP contribution in [-0.2, 0) is 0 Å². The van der Waals surface area contributed by atoms with Crippen LogP contribution in [0, 0.1) is 0 Å². The van der Waals surface area contributed by atoms with Crippen LogP contribution in [0.3, 0.4) is 0 Å². The van der Waals surface area contributed by atoms with Gasteiger partial charge >= 0.3 is 11.9 Å². The minimum atomic E-state index is -0.938. The van der Waals surface area contributed by atoms with E-state index >= 15 is 0 Å². The van der Waals surface area contributed by atoms with Gasteiger partial charge in [-0.1, -0.05) is 24.3 Å². The Kier molecular flexibility index (Phi) is 8.63. The Morgan fingerprint density at radius 3 is 1.38 bits per heavy atom. The van der Waals surface area contributed by atoms with Crippen LogP contribution in [0.1, 0.15) is 20.7 Å². The summed E-state index contributed by atoms with van der Waals surface area (Å²) in [5, 5.41) is 18.2. The number of aromatic carboxylic acids is 2. The molecule has 0 fully saturated rings. The summed E-state index contributed by atoms with van der Waals surface area (Å²) in [6.07, 6.45) is 0. The molecule has 0 saturated carbocycles. The average molecular weight is 435 g/mol. The van der Waals surface area contributed by atoms with Crippen molar-refractivity contribution < 1.29 is 19.8 Å². The molecule has 0 atom stereocenters. The number of carboxylic acids is 2. The van der Waals surface area contributed by atoms with Crippen molar-refractivity contribution in [3.63, 3.8) is 0 Å². The fraction of sp³-hybridized carbons (Fsp3) is 0. The van der Waals surface area contributed by atoms with E-state index in [0.717, 1.165) is 0 Å². The maximum atomic E-state index is 11.1. The molecule has 0 unspecified atom stereocenters. The molecule has 0 aliphatic carbocycles. The van der Waals surface area contributed by atoms with Crippen molar-refractivity contribution in [3.8, 4) is 0 Å². The third-order valence-corrected chi connectivity index (χ3v) is 13.2. The summed E-state index contributed by atoms with van der Waals surface area (Å²) in [5.74, 6) is -1.88. The summed E-state index contributed by atoms with van der Waals surface area (Å²) < 4.78 is 0. The fourth-order valence-electron chi connectivity index (χ4n) is 1.56. The van der Waals surface area contributed by atoms with Gasteiger partial charge in [-0.05, 0) is 85.2 Å². The highest BCUT2D eigenvalue weighted by molar-refractivity contribution is 9.41. The second kappa shape index (κ2) is 10.5. The molecule has 4 nitrogen and oxygen atoms in total. The number of rotatable bonds is 9. The molecular formula is C14H10O4S6. The van der Waals surface area contributed by atoms with Crippen LogP contribution in [0.5, 0.6) is 0 Å². The normalized spacial score (nSPS) is 10.5. The van der Waals surface area contributed by atoms with E-state index in [0.29, 0.717) is 9.79 Å². The Labute approximate surface area is 161 Å². The number of benzene rings is 2. The summed E-state index contributed by atoms with van der Waals surface area (Å²) in [6.45, 7) is 0. The Balaban J connectivity index is 1.75. The Morgan fingerprint density at radius 2 is 1.00 bits per heavy atom. The van der Waals surface area contributed by atoms with Gasteiger partial charge in [0.15, 0.2) is 0 Å². The highest BCUT2D eigenvalue weighted by Gasteiger charge is 2.11. The summed E-state index contributed by atoms with van der Waals surface area (Å²) in [4.78, 5) is 23.6. The Hall–Kier alpha value is -0.520. The van der Waals surface area contributed by atoms with Gasteiger partial charge in [0.05, 0.1) is 11.1 Å². The van der Waals surface area contributed by atoms with Crippen LogP contribution in [0.2, 0.25) is 0 Å². The smallest absolute Gasteiger partial charge is 0.336 e. The third-order valence-electron chi connectivity index (χ3n) is 2.57. The van der Waals surface area contributed by atoms with Crippen LogP contribution in [0.4, 0.5) is 0 Å². The molecule has 0 aliphatic heterocycles. The second-order valence-electron chi connectivity index (χ2n) is 4.04. The van der Waals surface area contributed by atoms with Crippen LogP contribution < -0.4 is 0 Å². The lowest BCUT2D eigenvalue weighted by Gasteiger charge is -2.04. The van der Waals surface area contributed by atoms with Crippen LogP contribution in [0.15, 0.2) is 58.3 Å². The summed E-state index contributed by atoms with van der Waals surface area (Å²) >= 11 is 0. The first-order chi connectivity index (χ1) is 11.6. The van der Waals surface area contributed by atoms with Crippen molar-refractivity contribution in [3.05, 3.63) is 59.7 Å². The lowest BCUT2D eigenvalue weighted by molar-refractivity contribution is 0.0682. The summed E-state index contributed by atoms with van der Waals surface area (Å²) in [5.41, 5.74) is 0.580. The summed E-state index contributed by atoms with van der Waals surface area (Å²) in [7, 11) is 8.71. The molecule has 0 heterocycles. The molecule has 0 radical (unpaired) electrons. The van der Waals surface area contributed by atoms with Gasteiger partial charge < -0.3 is 10.2 Å². The maximum absolute atomic E-state index is 11.1. The minimum absolute atomic E-state index is 0.290. The molecule has 10 heteroatoms. The molecule has 0 aromatic heterocycles. The number of hydrogen-bond donors (Lipinski definition) is 2. The molecular weight excluding hydrogens is 425 g/mol. The molecule has 0 amide bonds. The predicted octanol–water partition coefficient (Wildman–Crippen LogP) is 6.48. The van der Waals surface area contributed by atoms with Gasteiger partial charge in [-0.3, -0.25) is 0 Å². The number of hydrogen-bond acceptors (Lipinski definition) is 8. The summed E-state index contributed by atoms with van der Waals surface area (Å²) in [6, 6.07) is 13.7. The van der Waals surface area contributed by atoms with Crippen molar-refractivity contribution in [2.45, 2.75) is 9.79 Å². The molecule has 0 spiro atoms. The van der Waals surface area contributed by atoms with Crippen molar-refractivity contribution in [1.29, 1.82) is 0 Å². The zero-order valence-electron chi connectivity index (χ0n) is 11.8. The van der Waals surface area contributed by atoms with Crippen molar-refractivity contribution in [1.82, 2.24) is 0 Å². The number of carboxylic acid groups (broad SMARTS) is 2. The van der Waals surface area contributed by atoms with Gasteiger partial charge in [0.25, 0.3) is 0 Å². The SMILES string of the molecule is O=C(O)c1ccccc1SSSSSSc1ccccc1C(=O)O. The van der Waals surface area contributed by atoms with Crippen LogP contribution >= 0.6 is 60.9 Å². The maximum Gasteiger partial charge on any atom is 0.336 e. The molecule has 0 bridgehead atoms. The van der Waals surface area contributed by atoms with E-state index in [4.69, 9.17) is 10.2 Å². The van der Waals surface area contributed by atoms with E-state index in [-0.39, 0.29) is 11.1 Å². The van der Waals surface area contributed by atoms with E-state index < -0.39 is 11.9 Å². The van der Waals surface area contributed by atoms with Gasteiger partial charge in [-0.25, -0.2) is 9.59 Å². The Morgan fingerprint density at radius 1 is 0.625 bits per heavy atom. The van der Waals surface area contributed by atoms with E-state index in [9.17, 15) is 9.59 Å². The predicted molar refractivity (Wildman–Crippen MR) is 109 cm³/mol. The molecule has 2 rings (SSSR count). The van der Waals surface area contributed by atoms with E-state index in [1.807, 2.05) is 0 Å². The molecule has 2 aromatic rings. The van der Waals surface area contributed by atoms with Gasteiger partial charge in [0.2, 0.25) is 0 Å². The lowest BCUT2D eigenvalue weighted by Crippen LogP contribution is -1.97. The zero-order chi connectivity index (χ0) is 17.4. The van der Waals surface area contributed by atoms with Crippen LogP contribution in [-0.4, -0.2) is 22.2 Å². The van der Waals surface area contributed by atoms with Gasteiger partial charge in [-0.2, -0.15) is 0 Å².